The summed E-state index contributed by atoms with van der Waals surface area (Å²) >= 11 is 0. The summed E-state index contributed by atoms with van der Waals surface area (Å²) in [5, 5.41) is 0. The van der Waals surface area contributed by atoms with Gasteiger partial charge >= 0.3 is 0 Å². The van der Waals surface area contributed by atoms with Crippen LogP contribution in [0, 0.1) is 0 Å². The molecule has 0 aliphatic heterocycles. The van der Waals surface area contributed by atoms with Crippen molar-refractivity contribution >= 4 is 22.5 Å². The zero-order chi connectivity index (χ0) is 9.61. The lowest BCUT2D eigenvalue weighted by Gasteiger charge is -1.79. The van der Waals surface area contributed by atoms with Crippen LogP contribution in [0.3, 0.4) is 0 Å². The van der Waals surface area contributed by atoms with E-state index in [2.05, 4.69) is 4.98 Å². The van der Waals surface area contributed by atoms with Crippen molar-refractivity contribution in [2.75, 3.05) is 5.75 Å². The van der Waals surface area contributed by atoms with Crippen LogP contribution in [-0.4, -0.2) is 28.3 Å². The van der Waals surface area contributed by atoms with Gasteiger partial charge in [0, 0.05) is 19.4 Å². The van der Waals surface area contributed by atoms with E-state index in [9.17, 15) is 8.42 Å². The van der Waals surface area contributed by atoms with E-state index in [4.69, 9.17) is 4.55 Å². The van der Waals surface area contributed by atoms with Crippen LogP contribution in [0.25, 0.3) is 0 Å². The van der Waals surface area contributed by atoms with E-state index in [0.717, 1.165) is 0 Å². The van der Waals surface area contributed by atoms with Crippen molar-refractivity contribution in [2.24, 2.45) is 7.05 Å². The van der Waals surface area contributed by atoms with Crippen molar-refractivity contribution in [3.8, 4) is 0 Å². The highest BCUT2D eigenvalue weighted by Crippen LogP contribution is 1.74. The first-order valence-electron chi connectivity index (χ1n) is 3.33. The molecule has 7 heteroatoms. The monoisotopic (exact) mass is 228 g/mol. The Morgan fingerprint density at radius 3 is 2.08 bits per heavy atom. The molecule has 0 aromatic carbocycles. The van der Waals surface area contributed by atoms with Gasteiger partial charge in [-0.3, -0.25) is 4.55 Å². The van der Waals surface area contributed by atoms with E-state index < -0.39 is 10.1 Å². The Hall–Kier alpha value is -0.590. The maximum absolute atomic E-state index is 9.56. The van der Waals surface area contributed by atoms with Gasteiger partial charge in [-0.15, -0.1) is 12.4 Å². The Bertz CT molecular complexity index is 296. The van der Waals surface area contributed by atoms with Crippen molar-refractivity contribution in [1.29, 1.82) is 0 Å². The maximum Gasteiger partial charge on any atom is 0.264 e. The molecule has 0 aliphatic carbocycles. The Kier molecular flexibility index (Phi) is 7.89. The standard InChI is InChI=1S/C4H6N2.C2H6O3S.ClH/c1-6-3-2-5-4-6;1-2-6(3,4)5;/h2-4H,1H3;2H2,1H3,(H,3,4,5);1H. The second kappa shape index (κ2) is 6.88. The number of halogens is 1. The predicted octanol–water partition coefficient (Wildman–Crippen LogP) is 0.736. The van der Waals surface area contributed by atoms with Gasteiger partial charge in [0.15, 0.2) is 0 Å². The Labute approximate surface area is 84.0 Å². The summed E-state index contributed by atoms with van der Waals surface area (Å²) in [5.41, 5.74) is 0. The molecule has 0 saturated heterocycles. The molecule has 0 aliphatic rings. The fourth-order valence-corrected chi connectivity index (χ4v) is 0.326. The van der Waals surface area contributed by atoms with Crippen molar-refractivity contribution in [2.45, 2.75) is 6.92 Å². The molecule has 1 aromatic rings. The van der Waals surface area contributed by atoms with E-state index in [1.165, 1.54) is 6.92 Å². The second-order valence-corrected chi connectivity index (χ2v) is 3.84. The van der Waals surface area contributed by atoms with E-state index in [1.54, 1.807) is 12.5 Å². The van der Waals surface area contributed by atoms with Crippen LogP contribution in [0.15, 0.2) is 18.7 Å². The van der Waals surface area contributed by atoms with E-state index >= 15 is 0 Å². The summed E-state index contributed by atoms with van der Waals surface area (Å²) in [5.74, 6) is -0.201. The predicted molar refractivity (Wildman–Crippen MR) is 52.5 cm³/mol. The lowest BCUT2D eigenvalue weighted by molar-refractivity contribution is 0.484. The molecule has 1 rings (SSSR count). The van der Waals surface area contributed by atoms with Crippen molar-refractivity contribution in [3.05, 3.63) is 18.7 Å². The lowest BCUT2D eigenvalue weighted by Crippen LogP contribution is -1.97. The topological polar surface area (TPSA) is 72.2 Å². The van der Waals surface area contributed by atoms with Gasteiger partial charge in [0.05, 0.1) is 12.1 Å². The normalized spacial score (nSPS) is 9.46. The molecule has 1 N–H and O–H groups in total. The summed E-state index contributed by atoms with van der Waals surface area (Å²) in [7, 11) is -1.72. The Balaban J connectivity index is 0. The lowest BCUT2D eigenvalue weighted by atomic mass is 10.9. The van der Waals surface area contributed by atoms with Gasteiger partial charge in [0.2, 0.25) is 0 Å². The average molecular weight is 229 g/mol. The molecule has 13 heavy (non-hydrogen) atoms. The molecule has 1 heterocycles. The van der Waals surface area contributed by atoms with E-state index in [0.29, 0.717) is 0 Å². The van der Waals surface area contributed by atoms with Crippen LogP contribution in [0.5, 0.6) is 0 Å². The fourth-order valence-electron chi connectivity index (χ4n) is 0.326. The number of aryl methyl sites for hydroxylation is 1. The SMILES string of the molecule is CCS(=O)(=O)O.Cl.Cn1ccnc1. The minimum Gasteiger partial charge on any atom is -0.341 e. The molecule has 0 radical (unpaired) electrons. The van der Waals surface area contributed by atoms with Crippen LogP contribution >= 0.6 is 12.4 Å². The number of hydrogen-bond donors (Lipinski definition) is 1. The van der Waals surface area contributed by atoms with Crippen LogP contribution in [0.2, 0.25) is 0 Å². The molecule has 1 aromatic heterocycles. The molecule has 0 unspecified atom stereocenters. The van der Waals surface area contributed by atoms with Crippen LogP contribution in [0.4, 0.5) is 0 Å². The van der Waals surface area contributed by atoms with Crippen LogP contribution in [0.1, 0.15) is 6.92 Å². The molecule has 78 valence electrons. The first kappa shape index (κ1) is 14.9. The third-order valence-electron chi connectivity index (χ3n) is 1.00. The van der Waals surface area contributed by atoms with E-state index in [-0.39, 0.29) is 18.2 Å². The minimum absolute atomic E-state index is 0. The highest BCUT2D eigenvalue weighted by atomic mass is 35.5. The van der Waals surface area contributed by atoms with Crippen LogP contribution in [-0.2, 0) is 17.2 Å². The summed E-state index contributed by atoms with van der Waals surface area (Å²) in [6.45, 7) is 1.37. The molecule has 0 saturated carbocycles. The first-order valence-corrected chi connectivity index (χ1v) is 4.93. The first-order chi connectivity index (χ1) is 5.45. The van der Waals surface area contributed by atoms with Crippen molar-refractivity contribution < 1.29 is 13.0 Å². The summed E-state index contributed by atoms with van der Waals surface area (Å²) in [6.07, 6.45) is 5.39. The van der Waals surface area contributed by atoms with Gasteiger partial charge in [-0.25, -0.2) is 4.98 Å². The molecule has 0 fully saturated rings. The van der Waals surface area contributed by atoms with E-state index in [1.807, 2.05) is 17.8 Å². The summed E-state index contributed by atoms with van der Waals surface area (Å²) in [4.78, 5) is 3.78. The minimum atomic E-state index is -3.66. The van der Waals surface area contributed by atoms with Gasteiger partial charge in [-0.1, -0.05) is 0 Å². The third-order valence-corrected chi connectivity index (χ3v) is 1.73. The second-order valence-electron chi connectivity index (χ2n) is 2.10. The Morgan fingerprint density at radius 1 is 1.54 bits per heavy atom. The van der Waals surface area contributed by atoms with Gasteiger partial charge < -0.3 is 4.57 Å². The molecular formula is C6H13ClN2O3S. The van der Waals surface area contributed by atoms with Crippen LogP contribution < -0.4 is 0 Å². The quantitative estimate of drug-likeness (QED) is 0.720. The highest BCUT2D eigenvalue weighted by Gasteiger charge is 1.93. The summed E-state index contributed by atoms with van der Waals surface area (Å²) in [6, 6.07) is 0. The van der Waals surface area contributed by atoms with Crippen molar-refractivity contribution in [3.63, 3.8) is 0 Å². The average Bonchev–Trinajstić information content (AvgIpc) is 2.39. The molecule has 0 amide bonds. The highest BCUT2D eigenvalue weighted by molar-refractivity contribution is 7.85. The van der Waals surface area contributed by atoms with Gasteiger partial charge in [-0.2, -0.15) is 8.42 Å². The zero-order valence-corrected chi connectivity index (χ0v) is 9.05. The number of nitrogens with zero attached hydrogens (tertiary/aromatic N) is 2. The number of rotatable bonds is 1. The third kappa shape index (κ3) is 11.4. The number of hydrogen-bond acceptors (Lipinski definition) is 3. The largest absolute Gasteiger partial charge is 0.341 e. The molecule has 0 bridgehead atoms. The molecule has 0 atom stereocenters. The fraction of sp³-hybridized carbons (Fsp3) is 0.500. The molecule has 0 spiro atoms. The smallest absolute Gasteiger partial charge is 0.264 e. The van der Waals surface area contributed by atoms with Crippen molar-refractivity contribution in [1.82, 2.24) is 9.55 Å². The zero-order valence-electron chi connectivity index (χ0n) is 7.41. The molecule has 5 nitrogen and oxygen atoms in total. The number of aromatic nitrogens is 2. The van der Waals surface area contributed by atoms with Gasteiger partial charge in [0.25, 0.3) is 10.1 Å². The maximum atomic E-state index is 9.56. The molecular weight excluding hydrogens is 216 g/mol. The Morgan fingerprint density at radius 2 is 2.00 bits per heavy atom. The van der Waals surface area contributed by atoms with Gasteiger partial charge in [0.1, 0.15) is 0 Å². The van der Waals surface area contributed by atoms with Gasteiger partial charge in [-0.05, 0) is 6.92 Å². The summed E-state index contributed by atoms with van der Waals surface area (Å²) < 4.78 is 28.8. The number of imidazole rings is 1.